The van der Waals surface area contributed by atoms with E-state index in [1.807, 2.05) is 6.07 Å². The summed E-state index contributed by atoms with van der Waals surface area (Å²) >= 11 is 1.30. The van der Waals surface area contributed by atoms with E-state index in [1.54, 1.807) is 0 Å². The van der Waals surface area contributed by atoms with Gasteiger partial charge >= 0.3 is 0 Å². The summed E-state index contributed by atoms with van der Waals surface area (Å²) in [6.07, 6.45) is 6.98. The van der Waals surface area contributed by atoms with Gasteiger partial charge < -0.3 is 0 Å². The molecule has 0 spiro atoms. The van der Waals surface area contributed by atoms with Crippen molar-refractivity contribution in [3.05, 3.63) is 29.1 Å². The summed E-state index contributed by atoms with van der Waals surface area (Å²) in [6.45, 7) is 0. The smallest absolute Gasteiger partial charge is 0.114 e. The molecule has 13 heavy (non-hydrogen) atoms. The number of pyridine rings is 1. The zero-order chi connectivity index (χ0) is 9.26. The fourth-order valence-electron chi connectivity index (χ4n) is 1.64. The van der Waals surface area contributed by atoms with Crippen LogP contribution in [0.4, 0.5) is 0 Å². The Hall–Kier alpha value is -1.01. The summed E-state index contributed by atoms with van der Waals surface area (Å²) in [7, 11) is 0. The third-order valence-electron chi connectivity index (χ3n) is 2.27. The molecule has 0 saturated heterocycles. The Kier molecular flexibility index (Phi) is 2.24. The van der Waals surface area contributed by atoms with Crippen LogP contribution in [0.15, 0.2) is 11.1 Å². The third-order valence-corrected chi connectivity index (χ3v) is 2.86. The molecule has 0 saturated carbocycles. The van der Waals surface area contributed by atoms with Crippen LogP contribution in [0.1, 0.15) is 23.2 Å². The zero-order valence-electron chi connectivity index (χ0n) is 7.21. The van der Waals surface area contributed by atoms with Crippen molar-refractivity contribution < 1.29 is 0 Å². The number of rotatable bonds is 1. The van der Waals surface area contributed by atoms with Crippen LogP contribution in [0.2, 0.25) is 0 Å². The Morgan fingerprint density at radius 2 is 2.38 bits per heavy atom. The van der Waals surface area contributed by atoms with Crippen LogP contribution in [0.5, 0.6) is 0 Å². The molecule has 1 aromatic heterocycles. The Bertz CT molecular complexity index is 379. The van der Waals surface area contributed by atoms with Gasteiger partial charge in [0.05, 0.1) is 5.56 Å². The molecule has 3 heteroatoms. The molecule has 0 N–H and O–H groups in total. The molecule has 1 aliphatic carbocycles. The normalized spacial score (nSPS) is 13.8. The predicted molar refractivity (Wildman–Crippen MR) is 52.2 cm³/mol. The van der Waals surface area contributed by atoms with Gasteiger partial charge in [-0.25, -0.2) is 4.98 Å². The molecule has 1 aliphatic rings. The fraction of sp³-hybridized carbons (Fsp3) is 0.300. The summed E-state index contributed by atoms with van der Waals surface area (Å²) in [4.78, 5) is 4.42. The Morgan fingerprint density at radius 3 is 3.08 bits per heavy atom. The Morgan fingerprint density at radius 1 is 1.54 bits per heavy atom. The average molecular weight is 189 g/mol. The first-order valence-corrected chi connectivity index (χ1v) is 5.18. The van der Waals surface area contributed by atoms with Crippen molar-refractivity contribution >= 4 is 11.8 Å². The molecular weight excluding hydrogens is 180 g/mol. The summed E-state index contributed by atoms with van der Waals surface area (Å²) in [5, 5.41) is 9.62. The molecule has 0 unspecified atom stereocenters. The van der Waals surface area contributed by atoms with Gasteiger partial charge in [0.25, 0.3) is 0 Å². The van der Waals surface area contributed by atoms with E-state index in [9.17, 15) is 0 Å². The largest absolute Gasteiger partial charge is 0.245 e. The summed E-state index contributed by atoms with van der Waals surface area (Å²) in [5.41, 5.74) is 3.07. The van der Waals surface area contributed by atoms with Crippen LogP contribution >= 0.6 is 11.8 Å². The van der Waals surface area contributed by atoms with Gasteiger partial charge in [0.2, 0.25) is 0 Å². The molecule has 0 aliphatic heterocycles. The number of thioether (sulfide) groups is 1. The van der Waals surface area contributed by atoms with E-state index in [4.69, 9.17) is 5.26 Å². The number of aromatic nitrogens is 1. The first kappa shape index (κ1) is 8.58. The number of fused-ring (bicyclic) bond motifs is 1. The lowest BCUT2D eigenvalue weighted by Crippen LogP contribution is -1.93. The van der Waals surface area contributed by atoms with Crippen molar-refractivity contribution in [1.82, 2.24) is 4.98 Å². The molecule has 1 radical (unpaired) electrons. The van der Waals surface area contributed by atoms with Crippen LogP contribution in [-0.2, 0) is 12.8 Å². The van der Waals surface area contributed by atoms with Crippen molar-refractivity contribution in [2.24, 2.45) is 0 Å². The molecule has 1 heterocycles. The summed E-state index contributed by atoms with van der Waals surface area (Å²) < 4.78 is 0. The highest BCUT2D eigenvalue weighted by molar-refractivity contribution is 8.00. The van der Waals surface area contributed by atoms with E-state index in [0.717, 1.165) is 23.6 Å². The minimum absolute atomic E-state index is 0.667. The highest BCUT2D eigenvalue weighted by Crippen LogP contribution is 2.26. The summed E-state index contributed by atoms with van der Waals surface area (Å²) in [6, 6.07) is 4.11. The molecule has 0 atom stereocenters. The molecule has 0 aromatic carbocycles. The van der Waals surface area contributed by atoms with Gasteiger partial charge in [0, 0.05) is 11.9 Å². The van der Waals surface area contributed by atoms with E-state index < -0.39 is 0 Å². The molecule has 0 amide bonds. The maximum atomic E-state index is 8.85. The number of nitriles is 1. The van der Waals surface area contributed by atoms with E-state index >= 15 is 0 Å². The van der Waals surface area contributed by atoms with Crippen LogP contribution in [-0.4, -0.2) is 4.98 Å². The minimum Gasteiger partial charge on any atom is -0.245 e. The maximum absolute atomic E-state index is 8.85. The van der Waals surface area contributed by atoms with Gasteiger partial charge in [-0.15, -0.1) is 11.8 Å². The predicted octanol–water partition coefficient (Wildman–Crippen LogP) is 2.33. The van der Waals surface area contributed by atoms with Crippen LogP contribution in [0, 0.1) is 17.6 Å². The molecule has 2 rings (SSSR count). The molecule has 1 aromatic rings. The highest BCUT2D eigenvalue weighted by Gasteiger charge is 2.15. The van der Waals surface area contributed by atoms with Gasteiger partial charge in [-0.3, -0.25) is 0 Å². The van der Waals surface area contributed by atoms with E-state index in [-0.39, 0.29) is 0 Å². The average Bonchev–Trinajstić information content (AvgIpc) is 2.62. The quantitative estimate of drug-likeness (QED) is 0.636. The Balaban J connectivity index is 2.55. The Labute approximate surface area is 82.0 Å². The summed E-state index contributed by atoms with van der Waals surface area (Å²) in [5.74, 6) is 0. The van der Waals surface area contributed by atoms with Crippen LogP contribution in [0.25, 0.3) is 0 Å². The second-order valence-electron chi connectivity index (χ2n) is 3.06. The van der Waals surface area contributed by atoms with Gasteiger partial charge in [-0.2, -0.15) is 5.26 Å². The van der Waals surface area contributed by atoms with Gasteiger partial charge in [0.1, 0.15) is 11.1 Å². The van der Waals surface area contributed by atoms with Crippen molar-refractivity contribution in [1.29, 1.82) is 5.26 Å². The molecule has 2 nitrogen and oxygen atoms in total. The SMILES string of the molecule is [CH2]Sc1nc2c(cc1C#N)CCC2. The highest BCUT2D eigenvalue weighted by atomic mass is 32.2. The van der Waals surface area contributed by atoms with Gasteiger partial charge in [-0.05, 0) is 30.9 Å². The van der Waals surface area contributed by atoms with E-state index in [2.05, 4.69) is 17.3 Å². The van der Waals surface area contributed by atoms with E-state index in [1.165, 1.54) is 23.7 Å². The lowest BCUT2D eigenvalue weighted by atomic mass is 10.2. The van der Waals surface area contributed by atoms with Crippen LogP contribution < -0.4 is 0 Å². The molecule has 65 valence electrons. The topological polar surface area (TPSA) is 36.7 Å². The van der Waals surface area contributed by atoms with Gasteiger partial charge in [0.15, 0.2) is 0 Å². The lowest BCUT2D eigenvalue weighted by Gasteiger charge is -2.03. The van der Waals surface area contributed by atoms with Crippen molar-refractivity contribution in [2.75, 3.05) is 0 Å². The third kappa shape index (κ3) is 1.42. The maximum Gasteiger partial charge on any atom is 0.114 e. The second kappa shape index (κ2) is 3.39. The standard InChI is InChI=1S/C10H9N2S/c1-13-10-8(6-11)5-7-3-2-4-9(7)12-10/h5H,1-4H2. The monoisotopic (exact) mass is 189 g/mol. The van der Waals surface area contributed by atoms with E-state index in [0.29, 0.717) is 5.56 Å². The molecule has 0 bridgehead atoms. The van der Waals surface area contributed by atoms with Gasteiger partial charge in [-0.1, -0.05) is 0 Å². The van der Waals surface area contributed by atoms with Crippen molar-refractivity contribution in [3.8, 4) is 6.07 Å². The number of aryl methyl sites for hydroxylation is 2. The molecular formula is C10H9N2S. The number of hydrogen-bond donors (Lipinski definition) is 0. The fourth-order valence-corrected chi connectivity index (χ4v) is 2.08. The molecule has 0 fully saturated rings. The number of hydrogen-bond acceptors (Lipinski definition) is 3. The van der Waals surface area contributed by atoms with Crippen molar-refractivity contribution in [3.63, 3.8) is 0 Å². The first-order chi connectivity index (χ1) is 6.35. The van der Waals surface area contributed by atoms with Crippen LogP contribution in [0.3, 0.4) is 0 Å². The lowest BCUT2D eigenvalue weighted by molar-refractivity contribution is 0.891. The zero-order valence-corrected chi connectivity index (χ0v) is 8.02. The minimum atomic E-state index is 0.667. The second-order valence-corrected chi connectivity index (χ2v) is 3.73. The first-order valence-electron chi connectivity index (χ1n) is 4.20. The number of nitrogens with zero attached hydrogens (tertiary/aromatic N) is 2. The van der Waals surface area contributed by atoms with Crippen molar-refractivity contribution in [2.45, 2.75) is 24.3 Å².